The molecule has 0 atom stereocenters. The zero-order chi connectivity index (χ0) is 17.4. The highest BCUT2D eigenvalue weighted by Crippen LogP contribution is 2.27. The monoisotopic (exact) mass is 325 g/mol. The lowest BCUT2D eigenvalue weighted by molar-refractivity contribution is -0.114. The van der Waals surface area contributed by atoms with Gasteiger partial charge in [0, 0.05) is 12.2 Å². The maximum atomic E-state index is 12.3. The Balaban J connectivity index is 1.93. The van der Waals surface area contributed by atoms with Gasteiger partial charge in [0.25, 0.3) is 5.91 Å². The molecule has 1 aromatic rings. The standard InChI is InChI=1S/C20H23NO3/c1-4-18(23-2)19(24-3)12-6-5-7-13-20(22)21-15-14-16-10-8-9-11-17(16)21/h4,6-13H,1,5,14-15H2,2-3H3/b12-6-,13-7+,19-18-. The van der Waals surface area contributed by atoms with Crippen molar-refractivity contribution in [3.8, 4) is 0 Å². The minimum atomic E-state index is 0.0135. The fraction of sp³-hybridized carbons (Fsp3) is 0.250. The number of carbonyl (C=O) groups is 1. The molecule has 126 valence electrons. The number of ether oxygens (including phenoxy) is 2. The van der Waals surface area contributed by atoms with E-state index in [1.165, 1.54) is 5.56 Å². The summed E-state index contributed by atoms with van der Waals surface area (Å²) in [7, 11) is 3.14. The van der Waals surface area contributed by atoms with E-state index in [9.17, 15) is 4.79 Å². The number of para-hydroxylation sites is 1. The van der Waals surface area contributed by atoms with Gasteiger partial charge in [0.15, 0.2) is 11.5 Å². The molecule has 2 rings (SSSR count). The van der Waals surface area contributed by atoms with Gasteiger partial charge in [-0.05, 0) is 42.7 Å². The number of carbonyl (C=O) groups excluding carboxylic acids is 1. The molecule has 1 heterocycles. The molecular formula is C20H23NO3. The summed E-state index contributed by atoms with van der Waals surface area (Å²) in [6.07, 6.45) is 10.3. The van der Waals surface area contributed by atoms with E-state index in [0.29, 0.717) is 17.9 Å². The number of hydrogen-bond acceptors (Lipinski definition) is 3. The maximum absolute atomic E-state index is 12.3. The van der Waals surface area contributed by atoms with Gasteiger partial charge in [-0.3, -0.25) is 4.79 Å². The summed E-state index contributed by atoms with van der Waals surface area (Å²) in [5.74, 6) is 1.18. The molecule has 0 aromatic heterocycles. The van der Waals surface area contributed by atoms with Crippen LogP contribution in [0.25, 0.3) is 0 Å². The number of amides is 1. The largest absolute Gasteiger partial charge is 0.493 e. The molecule has 0 radical (unpaired) electrons. The van der Waals surface area contributed by atoms with Gasteiger partial charge >= 0.3 is 0 Å². The van der Waals surface area contributed by atoms with Gasteiger partial charge in [-0.15, -0.1) is 0 Å². The first-order chi connectivity index (χ1) is 11.7. The summed E-state index contributed by atoms with van der Waals surface area (Å²) in [6, 6.07) is 8.03. The number of hydrogen-bond donors (Lipinski definition) is 0. The summed E-state index contributed by atoms with van der Waals surface area (Å²) < 4.78 is 10.4. The number of anilines is 1. The van der Waals surface area contributed by atoms with Crippen LogP contribution in [0, 0.1) is 0 Å². The Bertz CT molecular complexity index is 686. The van der Waals surface area contributed by atoms with E-state index >= 15 is 0 Å². The number of nitrogens with zero attached hydrogens (tertiary/aromatic N) is 1. The van der Waals surface area contributed by atoms with E-state index in [0.717, 1.165) is 18.7 Å². The Labute approximate surface area is 143 Å². The Morgan fingerprint density at radius 3 is 2.58 bits per heavy atom. The van der Waals surface area contributed by atoms with E-state index in [2.05, 4.69) is 12.6 Å². The van der Waals surface area contributed by atoms with Gasteiger partial charge in [0.1, 0.15) is 0 Å². The van der Waals surface area contributed by atoms with Crippen molar-refractivity contribution in [2.24, 2.45) is 0 Å². The summed E-state index contributed by atoms with van der Waals surface area (Å²) in [5.41, 5.74) is 2.24. The third kappa shape index (κ3) is 4.16. The highest BCUT2D eigenvalue weighted by atomic mass is 16.5. The molecule has 4 nitrogen and oxygen atoms in total. The van der Waals surface area contributed by atoms with Gasteiger partial charge in [-0.25, -0.2) is 0 Å². The zero-order valence-corrected chi connectivity index (χ0v) is 14.2. The molecule has 0 unspecified atom stereocenters. The Morgan fingerprint density at radius 2 is 1.88 bits per heavy atom. The first-order valence-electron chi connectivity index (χ1n) is 7.88. The smallest absolute Gasteiger partial charge is 0.250 e. The lowest BCUT2D eigenvalue weighted by Gasteiger charge is -2.14. The number of rotatable bonds is 7. The average molecular weight is 325 g/mol. The van der Waals surface area contributed by atoms with Crippen molar-refractivity contribution in [2.45, 2.75) is 12.8 Å². The summed E-state index contributed by atoms with van der Waals surface area (Å²) in [6.45, 7) is 4.41. The van der Waals surface area contributed by atoms with Crippen molar-refractivity contribution < 1.29 is 14.3 Å². The molecular weight excluding hydrogens is 302 g/mol. The van der Waals surface area contributed by atoms with Crippen molar-refractivity contribution in [2.75, 3.05) is 25.7 Å². The fourth-order valence-corrected chi connectivity index (χ4v) is 2.61. The summed E-state index contributed by atoms with van der Waals surface area (Å²) in [4.78, 5) is 14.1. The second-order valence-corrected chi connectivity index (χ2v) is 5.25. The lowest BCUT2D eigenvalue weighted by Crippen LogP contribution is -2.26. The predicted molar refractivity (Wildman–Crippen MR) is 96.6 cm³/mol. The zero-order valence-electron chi connectivity index (χ0n) is 14.2. The molecule has 1 aliphatic heterocycles. The molecule has 0 spiro atoms. The van der Waals surface area contributed by atoms with Crippen molar-refractivity contribution in [1.82, 2.24) is 0 Å². The maximum Gasteiger partial charge on any atom is 0.250 e. The first kappa shape index (κ1) is 17.6. The number of benzene rings is 1. The molecule has 1 aromatic carbocycles. The minimum Gasteiger partial charge on any atom is -0.493 e. The Kier molecular flexibility index (Phi) is 6.43. The minimum absolute atomic E-state index is 0.0135. The number of allylic oxidation sites excluding steroid dienone is 4. The van der Waals surface area contributed by atoms with E-state index in [1.807, 2.05) is 35.3 Å². The van der Waals surface area contributed by atoms with Crippen LogP contribution < -0.4 is 4.90 Å². The molecule has 4 heteroatoms. The third-order valence-electron chi connectivity index (χ3n) is 3.82. The average Bonchev–Trinajstić information content (AvgIpc) is 3.04. The molecule has 0 aliphatic carbocycles. The SMILES string of the molecule is C=C/C(OC)=C(\C=C/C/C=C/C(=O)N1CCc2ccccc21)OC. The Morgan fingerprint density at radius 1 is 1.17 bits per heavy atom. The van der Waals surface area contributed by atoms with Crippen molar-refractivity contribution in [3.05, 3.63) is 78.3 Å². The molecule has 1 aliphatic rings. The molecule has 0 fully saturated rings. The topological polar surface area (TPSA) is 38.8 Å². The number of methoxy groups -OCH3 is 2. The second kappa shape index (κ2) is 8.77. The van der Waals surface area contributed by atoms with Gasteiger partial charge < -0.3 is 14.4 Å². The molecule has 1 amide bonds. The lowest BCUT2D eigenvalue weighted by atomic mass is 10.2. The van der Waals surface area contributed by atoms with Crippen LogP contribution in [0.15, 0.2) is 72.7 Å². The molecule has 24 heavy (non-hydrogen) atoms. The van der Waals surface area contributed by atoms with Crippen LogP contribution in [0.4, 0.5) is 5.69 Å². The fourth-order valence-electron chi connectivity index (χ4n) is 2.61. The second-order valence-electron chi connectivity index (χ2n) is 5.25. The quantitative estimate of drug-likeness (QED) is 0.435. The van der Waals surface area contributed by atoms with E-state index in [1.54, 1.807) is 32.4 Å². The predicted octanol–water partition coefficient (Wildman–Crippen LogP) is 3.77. The van der Waals surface area contributed by atoms with E-state index in [4.69, 9.17) is 9.47 Å². The molecule has 0 saturated heterocycles. The van der Waals surface area contributed by atoms with Crippen LogP contribution in [-0.2, 0) is 20.7 Å². The highest BCUT2D eigenvalue weighted by molar-refractivity contribution is 6.02. The third-order valence-corrected chi connectivity index (χ3v) is 3.82. The van der Waals surface area contributed by atoms with E-state index in [-0.39, 0.29) is 5.91 Å². The van der Waals surface area contributed by atoms with Crippen LogP contribution in [-0.4, -0.2) is 26.7 Å². The van der Waals surface area contributed by atoms with Crippen LogP contribution in [0.1, 0.15) is 12.0 Å². The van der Waals surface area contributed by atoms with Gasteiger partial charge in [0.05, 0.1) is 14.2 Å². The molecule has 0 bridgehead atoms. The van der Waals surface area contributed by atoms with Gasteiger partial charge in [-0.2, -0.15) is 0 Å². The van der Waals surface area contributed by atoms with Crippen LogP contribution in [0.3, 0.4) is 0 Å². The summed E-state index contributed by atoms with van der Waals surface area (Å²) >= 11 is 0. The van der Waals surface area contributed by atoms with Crippen LogP contribution in [0.5, 0.6) is 0 Å². The molecule has 0 N–H and O–H groups in total. The highest BCUT2D eigenvalue weighted by Gasteiger charge is 2.21. The Hall–Kier alpha value is -2.75. The number of fused-ring (bicyclic) bond motifs is 1. The van der Waals surface area contributed by atoms with Gasteiger partial charge in [-0.1, -0.05) is 36.9 Å². The van der Waals surface area contributed by atoms with Crippen molar-refractivity contribution in [1.29, 1.82) is 0 Å². The van der Waals surface area contributed by atoms with E-state index < -0.39 is 0 Å². The van der Waals surface area contributed by atoms with Crippen molar-refractivity contribution >= 4 is 11.6 Å². The van der Waals surface area contributed by atoms with Crippen molar-refractivity contribution in [3.63, 3.8) is 0 Å². The van der Waals surface area contributed by atoms with Crippen LogP contribution in [0.2, 0.25) is 0 Å². The van der Waals surface area contributed by atoms with Gasteiger partial charge in [0.2, 0.25) is 0 Å². The first-order valence-corrected chi connectivity index (χ1v) is 7.88. The van der Waals surface area contributed by atoms with Crippen LogP contribution >= 0.6 is 0 Å². The molecule has 0 saturated carbocycles. The summed E-state index contributed by atoms with van der Waals surface area (Å²) in [5, 5.41) is 0. The normalized spacial score (nSPS) is 14.7.